The second-order valence-electron chi connectivity index (χ2n) is 3.38. The van der Waals surface area contributed by atoms with Gasteiger partial charge in [0.05, 0.1) is 0 Å². The maximum absolute atomic E-state index is 10.3. The van der Waals surface area contributed by atoms with Crippen molar-refractivity contribution in [1.29, 1.82) is 0 Å². The summed E-state index contributed by atoms with van der Waals surface area (Å²) >= 11 is 0. The number of hydrogen-bond acceptors (Lipinski definition) is 2. The van der Waals surface area contributed by atoms with E-state index >= 15 is 0 Å². The predicted molar refractivity (Wildman–Crippen MR) is 63.0 cm³/mol. The Hall–Kier alpha value is -2.24. The van der Waals surface area contributed by atoms with Gasteiger partial charge in [-0.05, 0) is 18.9 Å². The summed E-state index contributed by atoms with van der Waals surface area (Å²) in [6.07, 6.45) is -1.57. The Morgan fingerprint density at radius 2 is 1.76 bits per heavy atom. The first-order valence-corrected chi connectivity index (χ1v) is 4.93. The minimum atomic E-state index is -1.33. The molecule has 17 heavy (non-hydrogen) atoms. The first-order chi connectivity index (χ1) is 7.91. The van der Waals surface area contributed by atoms with Crippen LogP contribution in [0.3, 0.4) is 0 Å². The molecule has 1 rings (SSSR count). The van der Waals surface area contributed by atoms with Gasteiger partial charge in [-0.1, -0.05) is 30.3 Å². The first-order valence-electron chi connectivity index (χ1n) is 4.93. The fourth-order valence-corrected chi connectivity index (χ4v) is 1.23. The van der Waals surface area contributed by atoms with Crippen LogP contribution in [0.2, 0.25) is 0 Å². The average Bonchev–Trinajstić information content (AvgIpc) is 2.16. The molecule has 0 fully saturated rings. The van der Waals surface area contributed by atoms with Crippen molar-refractivity contribution in [3.05, 3.63) is 35.9 Å². The SMILES string of the molecule is C[C@@H](Cc1ccccc1)NC(=O)O.NC(=O)O. The highest BCUT2D eigenvalue weighted by atomic mass is 16.4. The molecule has 1 atom stereocenters. The molecule has 94 valence electrons. The molecule has 0 saturated heterocycles. The van der Waals surface area contributed by atoms with E-state index in [0.717, 1.165) is 12.0 Å². The van der Waals surface area contributed by atoms with Crippen molar-refractivity contribution in [1.82, 2.24) is 5.32 Å². The van der Waals surface area contributed by atoms with Crippen molar-refractivity contribution in [3.63, 3.8) is 0 Å². The number of primary amides is 1. The Labute approximate surface area is 99.1 Å². The number of nitrogens with one attached hydrogen (secondary N) is 1. The molecule has 0 radical (unpaired) electrons. The van der Waals surface area contributed by atoms with Gasteiger partial charge in [0.2, 0.25) is 0 Å². The van der Waals surface area contributed by atoms with Gasteiger partial charge in [-0.3, -0.25) is 0 Å². The number of benzene rings is 1. The topological polar surface area (TPSA) is 113 Å². The van der Waals surface area contributed by atoms with Crippen LogP contribution in [0.15, 0.2) is 30.3 Å². The molecule has 0 aliphatic carbocycles. The molecule has 0 aliphatic heterocycles. The Kier molecular flexibility index (Phi) is 6.92. The molecule has 2 amide bonds. The van der Waals surface area contributed by atoms with Crippen LogP contribution in [0.5, 0.6) is 0 Å². The second-order valence-corrected chi connectivity index (χ2v) is 3.38. The fourth-order valence-electron chi connectivity index (χ4n) is 1.23. The summed E-state index contributed by atoms with van der Waals surface area (Å²) < 4.78 is 0. The largest absolute Gasteiger partial charge is 0.465 e. The Morgan fingerprint density at radius 3 is 2.18 bits per heavy atom. The van der Waals surface area contributed by atoms with E-state index in [4.69, 9.17) is 15.0 Å². The maximum Gasteiger partial charge on any atom is 0.404 e. The Balaban J connectivity index is 0.000000557. The van der Waals surface area contributed by atoms with Crippen molar-refractivity contribution in [3.8, 4) is 0 Å². The third kappa shape index (κ3) is 10.1. The van der Waals surface area contributed by atoms with Crippen molar-refractivity contribution in [2.24, 2.45) is 5.73 Å². The van der Waals surface area contributed by atoms with Gasteiger partial charge in [0, 0.05) is 6.04 Å². The number of carboxylic acid groups (broad SMARTS) is 2. The molecule has 0 bridgehead atoms. The van der Waals surface area contributed by atoms with Gasteiger partial charge in [0.25, 0.3) is 0 Å². The fraction of sp³-hybridized carbons (Fsp3) is 0.273. The second kappa shape index (κ2) is 7.98. The zero-order valence-corrected chi connectivity index (χ0v) is 9.46. The molecule has 0 heterocycles. The first kappa shape index (κ1) is 14.8. The van der Waals surface area contributed by atoms with E-state index in [1.807, 2.05) is 37.3 Å². The summed E-state index contributed by atoms with van der Waals surface area (Å²) in [4.78, 5) is 19.1. The molecule has 1 aromatic carbocycles. The molecule has 0 aliphatic rings. The molecule has 1 aromatic rings. The van der Waals surface area contributed by atoms with E-state index in [1.165, 1.54) is 0 Å². The highest BCUT2D eigenvalue weighted by Gasteiger charge is 2.04. The summed E-state index contributed by atoms with van der Waals surface area (Å²) in [5.74, 6) is 0. The Morgan fingerprint density at radius 1 is 1.29 bits per heavy atom. The lowest BCUT2D eigenvalue weighted by atomic mass is 10.1. The van der Waals surface area contributed by atoms with Crippen LogP contribution in [0.4, 0.5) is 9.59 Å². The van der Waals surface area contributed by atoms with Gasteiger partial charge in [0.1, 0.15) is 0 Å². The standard InChI is InChI=1S/C10H13NO2.CH3NO2/c1-8(11-10(12)13)7-9-5-3-2-4-6-9;2-1(3)4/h2-6,8,11H,7H2,1H3,(H,12,13);2H2,(H,3,4)/t8-;/m0./s1. The van der Waals surface area contributed by atoms with Crippen LogP contribution < -0.4 is 11.1 Å². The van der Waals surface area contributed by atoms with Crippen molar-refractivity contribution >= 4 is 12.2 Å². The molecule has 6 nitrogen and oxygen atoms in total. The van der Waals surface area contributed by atoms with E-state index in [-0.39, 0.29) is 6.04 Å². The van der Waals surface area contributed by atoms with Crippen LogP contribution >= 0.6 is 0 Å². The van der Waals surface area contributed by atoms with E-state index in [9.17, 15) is 4.79 Å². The highest BCUT2D eigenvalue weighted by molar-refractivity contribution is 5.64. The third-order valence-corrected chi connectivity index (χ3v) is 1.75. The van der Waals surface area contributed by atoms with Gasteiger partial charge in [-0.15, -0.1) is 0 Å². The lowest BCUT2D eigenvalue weighted by Gasteiger charge is -2.10. The maximum atomic E-state index is 10.3. The quantitative estimate of drug-likeness (QED) is 0.641. The van der Waals surface area contributed by atoms with Gasteiger partial charge in [-0.2, -0.15) is 0 Å². The molecule has 5 N–H and O–H groups in total. The van der Waals surface area contributed by atoms with E-state index in [2.05, 4.69) is 11.1 Å². The normalized spacial score (nSPS) is 10.6. The lowest BCUT2D eigenvalue weighted by Crippen LogP contribution is -2.32. The number of hydrogen-bond donors (Lipinski definition) is 4. The van der Waals surface area contributed by atoms with Crippen molar-refractivity contribution in [2.75, 3.05) is 0 Å². The van der Waals surface area contributed by atoms with E-state index < -0.39 is 12.2 Å². The molecule has 0 spiro atoms. The smallest absolute Gasteiger partial charge is 0.404 e. The number of amides is 2. The van der Waals surface area contributed by atoms with Gasteiger partial charge in [-0.25, -0.2) is 9.59 Å². The molecular formula is C11H16N2O4. The van der Waals surface area contributed by atoms with Crippen molar-refractivity contribution in [2.45, 2.75) is 19.4 Å². The summed E-state index contributed by atoms with van der Waals surface area (Å²) in [7, 11) is 0. The highest BCUT2D eigenvalue weighted by Crippen LogP contribution is 2.02. The van der Waals surface area contributed by atoms with Crippen LogP contribution in [0.25, 0.3) is 0 Å². The van der Waals surface area contributed by atoms with Crippen molar-refractivity contribution < 1.29 is 19.8 Å². The van der Waals surface area contributed by atoms with Crippen LogP contribution in [0.1, 0.15) is 12.5 Å². The van der Waals surface area contributed by atoms with Gasteiger partial charge < -0.3 is 21.3 Å². The number of rotatable bonds is 3. The molecule has 6 heteroatoms. The monoisotopic (exact) mass is 240 g/mol. The average molecular weight is 240 g/mol. The molecule has 0 aromatic heterocycles. The zero-order valence-electron chi connectivity index (χ0n) is 9.46. The van der Waals surface area contributed by atoms with Gasteiger partial charge in [0.15, 0.2) is 0 Å². The minimum Gasteiger partial charge on any atom is -0.465 e. The van der Waals surface area contributed by atoms with E-state index in [0.29, 0.717) is 0 Å². The van der Waals surface area contributed by atoms with Crippen LogP contribution in [-0.4, -0.2) is 28.4 Å². The summed E-state index contributed by atoms with van der Waals surface area (Å²) in [5, 5.41) is 18.1. The molecule has 0 unspecified atom stereocenters. The molecule has 0 saturated carbocycles. The van der Waals surface area contributed by atoms with Gasteiger partial charge >= 0.3 is 12.2 Å². The lowest BCUT2D eigenvalue weighted by molar-refractivity contribution is 0.190. The van der Waals surface area contributed by atoms with Crippen LogP contribution in [-0.2, 0) is 6.42 Å². The number of carbonyl (C=O) groups is 2. The van der Waals surface area contributed by atoms with E-state index in [1.54, 1.807) is 0 Å². The zero-order chi connectivity index (χ0) is 13.3. The number of nitrogens with two attached hydrogens (primary N) is 1. The summed E-state index contributed by atoms with van der Waals surface area (Å²) in [6.45, 7) is 1.85. The third-order valence-electron chi connectivity index (χ3n) is 1.75. The minimum absolute atomic E-state index is 0.0418. The molecular weight excluding hydrogens is 224 g/mol. The summed E-state index contributed by atoms with van der Waals surface area (Å²) in [5.41, 5.74) is 5.17. The summed E-state index contributed by atoms with van der Waals surface area (Å²) in [6, 6.07) is 9.77. The predicted octanol–water partition coefficient (Wildman–Crippen LogP) is 1.51. The van der Waals surface area contributed by atoms with Crippen LogP contribution in [0, 0.1) is 0 Å². The Bertz CT molecular complexity index is 350.